The van der Waals surface area contributed by atoms with Crippen molar-refractivity contribution < 1.29 is 22.7 Å². The number of nitrogens with one attached hydrogen (secondary N) is 2. The molecule has 26 heavy (non-hydrogen) atoms. The molecule has 0 spiro atoms. The van der Waals surface area contributed by atoms with Gasteiger partial charge in [0.2, 0.25) is 5.91 Å². The third-order valence-corrected chi connectivity index (χ3v) is 4.52. The first-order valence-electron chi connectivity index (χ1n) is 8.63. The van der Waals surface area contributed by atoms with E-state index in [1.165, 1.54) is 12.1 Å². The van der Waals surface area contributed by atoms with Crippen LogP contribution in [0, 0.1) is 11.8 Å². The highest BCUT2D eigenvalue weighted by Crippen LogP contribution is 2.30. The summed E-state index contributed by atoms with van der Waals surface area (Å²) in [5.74, 6) is 1.18. The number of rotatable bonds is 7. The molecule has 1 aliphatic heterocycles. The molecule has 2 unspecified atom stereocenters. The number of halogens is 4. The second-order valence-electron chi connectivity index (χ2n) is 6.51. The van der Waals surface area contributed by atoms with Crippen LogP contribution in [-0.4, -0.2) is 32.1 Å². The number of carbonyl (C=O) groups is 1. The van der Waals surface area contributed by atoms with Crippen molar-refractivity contribution in [2.24, 2.45) is 11.8 Å². The molecule has 0 saturated carbocycles. The van der Waals surface area contributed by atoms with Gasteiger partial charge >= 0.3 is 6.18 Å². The van der Waals surface area contributed by atoms with E-state index in [1.807, 2.05) is 0 Å². The number of hydrogen-bond acceptors (Lipinski definition) is 3. The Morgan fingerprint density at radius 2 is 2.04 bits per heavy atom. The third kappa shape index (κ3) is 7.41. The summed E-state index contributed by atoms with van der Waals surface area (Å²) in [6, 6.07) is 4.52. The fraction of sp³-hybridized carbons (Fsp3) is 0.611. The maximum atomic E-state index is 12.5. The molecule has 1 heterocycles. The number of piperidine rings is 1. The SMILES string of the molecule is CC(CC(=O)NCCOc1ccc(C(F)(F)F)cc1)C1CCCNC1.Cl. The van der Waals surface area contributed by atoms with Crippen LogP contribution in [0.1, 0.15) is 31.7 Å². The van der Waals surface area contributed by atoms with Gasteiger partial charge in [0, 0.05) is 6.42 Å². The van der Waals surface area contributed by atoms with Gasteiger partial charge in [-0.15, -0.1) is 12.4 Å². The summed E-state index contributed by atoms with van der Waals surface area (Å²) in [5, 5.41) is 6.14. The molecule has 1 aliphatic rings. The number of hydrogen-bond donors (Lipinski definition) is 2. The molecule has 2 rings (SSSR count). The zero-order valence-corrected chi connectivity index (χ0v) is 15.6. The van der Waals surface area contributed by atoms with Crippen LogP contribution >= 0.6 is 12.4 Å². The van der Waals surface area contributed by atoms with E-state index in [4.69, 9.17) is 4.74 Å². The number of benzene rings is 1. The van der Waals surface area contributed by atoms with Gasteiger partial charge in [0.25, 0.3) is 0 Å². The molecule has 4 nitrogen and oxygen atoms in total. The highest BCUT2D eigenvalue weighted by molar-refractivity contribution is 5.85. The molecule has 0 aliphatic carbocycles. The van der Waals surface area contributed by atoms with Crippen molar-refractivity contribution in [1.82, 2.24) is 10.6 Å². The van der Waals surface area contributed by atoms with Crippen LogP contribution in [0.15, 0.2) is 24.3 Å². The lowest BCUT2D eigenvalue weighted by Crippen LogP contribution is -2.36. The largest absolute Gasteiger partial charge is 0.492 e. The normalized spacial score (nSPS) is 18.5. The molecule has 148 valence electrons. The molecular weight excluding hydrogens is 369 g/mol. The molecule has 1 amide bonds. The molecule has 0 aromatic heterocycles. The fourth-order valence-electron chi connectivity index (χ4n) is 3.00. The van der Waals surface area contributed by atoms with E-state index in [0.29, 0.717) is 30.6 Å². The van der Waals surface area contributed by atoms with E-state index in [9.17, 15) is 18.0 Å². The summed E-state index contributed by atoms with van der Waals surface area (Å²) in [6.45, 7) is 4.66. The number of ether oxygens (including phenoxy) is 1. The van der Waals surface area contributed by atoms with E-state index in [1.54, 1.807) is 0 Å². The number of alkyl halides is 3. The Morgan fingerprint density at radius 1 is 1.35 bits per heavy atom. The maximum absolute atomic E-state index is 12.5. The smallest absolute Gasteiger partial charge is 0.416 e. The molecule has 1 fully saturated rings. The molecule has 1 aromatic carbocycles. The first kappa shape index (κ1) is 22.6. The van der Waals surface area contributed by atoms with Gasteiger partial charge in [-0.25, -0.2) is 0 Å². The lowest BCUT2D eigenvalue weighted by atomic mass is 9.85. The molecule has 2 N–H and O–H groups in total. The zero-order valence-electron chi connectivity index (χ0n) is 14.8. The van der Waals surface area contributed by atoms with Crippen LogP contribution in [0.5, 0.6) is 5.75 Å². The Morgan fingerprint density at radius 3 is 2.62 bits per heavy atom. The standard InChI is InChI=1S/C18H25F3N2O2.ClH/c1-13(14-3-2-8-22-12-14)11-17(24)23-9-10-25-16-6-4-15(5-7-16)18(19,20)21;/h4-7,13-14,22H,2-3,8-12H2,1H3,(H,23,24);1H. The molecular formula is C18H26ClF3N2O2. The second kappa shape index (κ2) is 10.6. The van der Waals surface area contributed by atoms with Crippen molar-refractivity contribution in [2.45, 2.75) is 32.4 Å². The summed E-state index contributed by atoms with van der Waals surface area (Å²) >= 11 is 0. The van der Waals surface area contributed by atoms with E-state index >= 15 is 0 Å². The number of carbonyl (C=O) groups excluding carboxylic acids is 1. The minimum absolute atomic E-state index is 0. The highest BCUT2D eigenvalue weighted by Gasteiger charge is 2.30. The molecule has 1 aromatic rings. The van der Waals surface area contributed by atoms with Crippen molar-refractivity contribution in [3.63, 3.8) is 0 Å². The predicted octanol–water partition coefficient (Wildman–Crippen LogP) is 3.65. The molecule has 8 heteroatoms. The first-order valence-corrected chi connectivity index (χ1v) is 8.63. The van der Waals surface area contributed by atoms with Crippen LogP contribution < -0.4 is 15.4 Å². The van der Waals surface area contributed by atoms with Gasteiger partial charge in [-0.3, -0.25) is 4.79 Å². The van der Waals surface area contributed by atoms with Gasteiger partial charge in [-0.05, 0) is 62.0 Å². The average molecular weight is 395 g/mol. The fourth-order valence-corrected chi connectivity index (χ4v) is 3.00. The Hall–Kier alpha value is -1.47. The van der Waals surface area contributed by atoms with Crippen molar-refractivity contribution in [3.8, 4) is 5.75 Å². The van der Waals surface area contributed by atoms with Crippen LogP contribution in [0.2, 0.25) is 0 Å². The second-order valence-corrected chi connectivity index (χ2v) is 6.51. The maximum Gasteiger partial charge on any atom is 0.416 e. The molecule has 1 saturated heterocycles. The minimum Gasteiger partial charge on any atom is -0.492 e. The van der Waals surface area contributed by atoms with Crippen LogP contribution in [0.25, 0.3) is 0 Å². The summed E-state index contributed by atoms with van der Waals surface area (Å²) < 4.78 is 42.7. The van der Waals surface area contributed by atoms with E-state index < -0.39 is 11.7 Å². The van der Waals surface area contributed by atoms with Gasteiger partial charge in [-0.1, -0.05) is 6.92 Å². The highest BCUT2D eigenvalue weighted by atomic mass is 35.5. The van der Waals surface area contributed by atoms with Gasteiger partial charge in [0.15, 0.2) is 0 Å². The molecule has 2 atom stereocenters. The zero-order chi connectivity index (χ0) is 18.3. The van der Waals surface area contributed by atoms with E-state index in [-0.39, 0.29) is 24.9 Å². The summed E-state index contributed by atoms with van der Waals surface area (Å²) in [6.07, 6.45) is -1.57. The lowest BCUT2D eigenvalue weighted by molar-refractivity contribution is -0.137. The average Bonchev–Trinajstić information content (AvgIpc) is 2.59. The topological polar surface area (TPSA) is 50.4 Å². The Labute approximate surface area is 158 Å². The van der Waals surface area contributed by atoms with Gasteiger partial charge in [-0.2, -0.15) is 13.2 Å². The third-order valence-electron chi connectivity index (χ3n) is 4.52. The number of amides is 1. The van der Waals surface area contributed by atoms with E-state index in [0.717, 1.165) is 38.1 Å². The van der Waals surface area contributed by atoms with Crippen LogP contribution in [0.4, 0.5) is 13.2 Å². The van der Waals surface area contributed by atoms with Crippen LogP contribution in [0.3, 0.4) is 0 Å². The molecule has 0 bridgehead atoms. The van der Waals surface area contributed by atoms with Gasteiger partial charge in [0.1, 0.15) is 12.4 Å². The first-order chi connectivity index (χ1) is 11.9. The van der Waals surface area contributed by atoms with Crippen molar-refractivity contribution in [3.05, 3.63) is 29.8 Å². The monoisotopic (exact) mass is 394 g/mol. The quantitative estimate of drug-likeness (QED) is 0.694. The summed E-state index contributed by atoms with van der Waals surface area (Å²) in [7, 11) is 0. The molecule has 0 radical (unpaired) electrons. The minimum atomic E-state index is -4.35. The van der Waals surface area contributed by atoms with Gasteiger partial charge < -0.3 is 15.4 Å². The van der Waals surface area contributed by atoms with Crippen LogP contribution in [-0.2, 0) is 11.0 Å². The Balaban J connectivity index is 0.00000338. The van der Waals surface area contributed by atoms with Crippen molar-refractivity contribution in [2.75, 3.05) is 26.2 Å². The Bertz CT molecular complexity index is 546. The van der Waals surface area contributed by atoms with Crippen molar-refractivity contribution in [1.29, 1.82) is 0 Å². The lowest BCUT2D eigenvalue weighted by Gasteiger charge is -2.28. The van der Waals surface area contributed by atoms with E-state index in [2.05, 4.69) is 17.6 Å². The predicted molar refractivity (Wildman–Crippen MR) is 96.6 cm³/mol. The van der Waals surface area contributed by atoms with Crippen molar-refractivity contribution >= 4 is 18.3 Å². The Kier molecular flexibility index (Phi) is 9.22. The summed E-state index contributed by atoms with van der Waals surface area (Å²) in [4.78, 5) is 12.0. The summed E-state index contributed by atoms with van der Waals surface area (Å²) in [5.41, 5.74) is -0.709. The van der Waals surface area contributed by atoms with Gasteiger partial charge in [0.05, 0.1) is 12.1 Å².